The van der Waals surface area contributed by atoms with Crippen LogP contribution in [0.5, 0.6) is 0 Å². The molecule has 0 aromatic heterocycles. The SMILES string of the molecule is CC1=CC(N)N(C)C(C2=C(C)C(C)=CCC2)=C1. The summed E-state index contributed by atoms with van der Waals surface area (Å²) in [6.45, 7) is 6.53. The predicted molar refractivity (Wildman–Crippen MR) is 73.3 cm³/mol. The average molecular weight is 230 g/mol. The van der Waals surface area contributed by atoms with Crippen molar-refractivity contribution in [3.05, 3.63) is 46.2 Å². The minimum Gasteiger partial charge on any atom is -0.356 e. The van der Waals surface area contributed by atoms with Gasteiger partial charge >= 0.3 is 0 Å². The Morgan fingerprint density at radius 2 is 2.00 bits per heavy atom. The first-order valence-electron chi connectivity index (χ1n) is 6.26. The largest absolute Gasteiger partial charge is 0.356 e. The molecular weight excluding hydrogens is 208 g/mol. The van der Waals surface area contributed by atoms with Crippen LogP contribution in [0.1, 0.15) is 33.6 Å². The molecule has 1 aliphatic carbocycles. The fraction of sp³-hybridized carbons (Fsp3) is 0.467. The number of hydrogen-bond donors (Lipinski definition) is 1. The molecule has 0 fully saturated rings. The number of nitrogens with zero attached hydrogens (tertiary/aromatic N) is 1. The number of likely N-dealkylation sites (N-methyl/N-ethyl adjacent to an activating group) is 1. The highest BCUT2D eigenvalue weighted by molar-refractivity contribution is 5.48. The van der Waals surface area contributed by atoms with Gasteiger partial charge < -0.3 is 10.6 Å². The Labute approximate surface area is 104 Å². The number of allylic oxidation sites excluding steroid dienone is 6. The third kappa shape index (κ3) is 2.22. The standard InChI is InChI=1S/C15H22N2/c1-10-8-14(17(4)15(16)9-10)13-7-5-6-11(2)12(13)3/h6,8-9,15H,5,7,16H2,1-4H3. The van der Waals surface area contributed by atoms with E-state index >= 15 is 0 Å². The van der Waals surface area contributed by atoms with Gasteiger partial charge in [0.25, 0.3) is 0 Å². The quantitative estimate of drug-likeness (QED) is 0.750. The summed E-state index contributed by atoms with van der Waals surface area (Å²) in [5, 5.41) is 0. The van der Waals surface area contributed by atoms with E-state index in [9.17, 15) is 0 Å². The van der Waals surface area contributed by atoms with Crippen molar-refractivity contribution in [2.75, 3.05) is 7.05 Å². The maximum absolute atomic E-state index is 6.12. The molecule has 2 heteroatoms. The summed E-state index contributed by atoms with van der Waals surface area (Å²) in [5.74, 6) is 0. The maximum atomic E-state index is 6.12. The van der Waals surface area contributed by atoms with Crippen LogP contribution in [0.2, 0.25) is 0 Å². The van der Waals surface area contributed by atoms with Crippen LogP contribution in [-0.4, -0.2) is 18.1 Å². The van der Waals surface area contributed by atoms with Gasteiger partial charge in [-0.25, -0.2) is 0 Å². The fourth-order valence-electron chi connectivity index (χ4n) is 2.54. The van der Waals surface area contributed by atoms with E-state index in [1.54, 1.807) is 0 Å². The van der Waals surface area contributed by atoms with Gasteiger partial charge in [0.05, 0.1) is 6.17 Å². The second-order valence-corrected chi connectivity index (χ2v) is 5.07. The molecule has 0 amide bonds. The van der Waals surface area contributed by atoms with Gasteiger partial charge in [-0.15, -0.1) is 0 Å². The Kier molecular flexibility index (Phi) is 3.25. The molecule has 2 nitrogen and oxygen atoms in total. The molecule has 2 rings (SSSR count). The van der Waals surface area contributed by atoms with Crippen molar-refractivity contribution in [2.24, 2.45) is 5.73 Å². The van der Waals surface area contributed by atoms with E-state index in [-0.39, 0.29) is 6.17 Å². The van der Waals surface area contributed by atoms with Crippen LogP contribution in [0, 0.1) is 0 Å². The summed E-state index contributed by atoms with van der Waals surface area (Å²) >= 11 is 0. The average Bonchev–Trinajstić information content (AvgIpc) is 2.27. The summed E-state index contributed by atoms with van der Waals surface area (Å²) in [4.78, 5) is 2.17. The van der Waals surface area contributed by atoms with Crippen LogP contribution >= 0.6 is 0 Å². The highest BCUT2D eigenvalue weighted by Gasteiger charge is 2.21. The van der Waals surface area contributed by atoms with E-state index < -0.39 is 0 Å². The highest BCUT2D eigenvalue weighted by atomic mass is 15.2. The zero-order valence-electron chi connectivity index (χ0n) is 11.2. The molecule has 0 bridgehead atoms. The molecule has 0 aromatic carbocycles. The summed E-state index contributed by atoms with van der Waals surface area (Å²) in [7, 11) is 2.08. The van der Waals surface area contributed by atoms with Crippen molar-refractivity contribution in [1.29, 1.82) is 0 Å². The lowest BCUT2D eigenvalue weighted by Gasteiger charge is -2.34. The van der Waals surface area contributed by atoms with E-state index in [2.05, 4.69) is 50.9 Å². The minimum absolute atomic E-state index is 0.00140. The third-order valence-corrected chi connectivity index (χ3v) is 3.82. The van der Waals surface area contributed by atoms with Gasteiger partial charge in [-0.3, -0.25) is 0 Å². The van der Waals surface area contributed by atoms with Crippen LogP contribution < -0.4 is 5.73 Å². The van der Waals surface area contributed by atoms with Crippen LogP contribution in [0.4, 0.5) is 0 Å². The van der Waals surface area contributed by atoms with E-state index in [0.717, 1.165) is 12.8 Å². The Balaban J connectivity index is 2.44. The highest BCUT2D eigenvalue weighted by Crippen LogP contribution is 2.33. The molecule has 1 aliphatic heterocycles. The normalized spacial score (nSPS) is 25.6. The van der Waals surface area contributed by atoms with Crippen LogP contribution in [0.15, 0.2) is 46.2 Å². The fourth-order valence-corrected chi connectivity index (χ4v) is 2.54. The van der Waals surface area contributed by atoms with Gasteiger partial charge in [-0.05, 0) is 62.5 Å². The van der Waals surface area contributed by atoms with Crippen LogP contribution in [-0.2, 0) is 0 Å². The molecule has 1 heterocycles. The molecule has 2 aliphatic rings. The van der Waals surface area contributed by atoms with E-state index in [0.29, 0.717) is 0 Å². The van der Waals surface area contributed by atoms with Crippen molar-refractivity contribution in [3.8, 4) is 0 Å². The number of hydrogen-bond acceptors (Lipinski definition) is 2. The third-order valence-electron chi connectivity index (χ3n) is 3.82. The summed E-state index contributed by atoms with van der Waals surface area (Å²) < 4.78 is 0. The lowest BCUT2D eigenvalue weighted by atomic mass is 9.89. The van der Waals surface area contributed by atoms with Crippen molar-refractivity contribution in [2.45, 2.75) is 39.8 Å². The number of nitrogens with two attached hydrogens (primary N) is 1. The number of rotatable bonds is 1. The molecule has 1 unspecified atom stereocenters. The van der Waals surface area contributed by atoms with Gasteiger partial charge in [-0.2, -0.15) is 0 Å². The molecule has 0 spiro atoms. The second-order valence-electron chi connectivity index (χ2n) is 5.07. The lowest BCUT2D eigenvalue weighted by Crippen LogP contribution is -2.39. The van der Waals surface area contributed by atoms with Crippen molar-refractivity contribution >= 4 is 0 Å². The van der Waals surface area contributed by atoms with Crippen molar-refractivity contribution in [3.63, 3.8) is 0 Å². The Bertz CT molecular complexity index is 450. The second kappa shape index (κ2) is 4.53. The zero-order valence-corrected chi connectivity index (χ0v) is 11.2. The smallest absolute Gasteiger partial charge is 0.0964 e. The molecule has 0 radical (unpaired) electrons. The summed E-state index contributed by atoms with van der Waals surface area (Å²) in [6, 6.07) is 0. The molecule has 0 saturated heterocycles. The van der Waals surface area contributed by atoms with Crippen molar-refractivity contribution < 1.29 is 0 Å². The molecule has 2 N–H and O–H groups in total. The van der Waals surface area contributed by atoms with Gasteiger partial charge in [0.2, 0.25) is 0 Å². The van der Waals surface area contributed by atoms with E-state index in [4.69, 9.17) is 5.73 Å². The van der Waals surface area contributed by atoms with Crippen LogP contribution in [0.3, 0.4) is 0 Å². The molecule has 0 aromatic rings. The topological polar surface area (TPSA) is 29.3 Å². The minimum atomic E-state index is 0.00140. The van der Waals surface area contributed by atoms with Crippen molar-refractivity contribution in [1.82, 2.24) is 4.90 Å². The Hall–Kier alpha value is -1.28. The first kappa shape index (κ1) is 12.2. The van der Waals surface area contributed by atoms with Gasteiger partial charge in [0.1, 0.15) is 0 Å². The lowest BCUT2D eigenvalue weighted by molar-refractivity contribution is 0.356. The Morgan fingerprint density at radius 3 is 2.71 bits per heavy atom. The van der Waals surface area contributed by atoms with Gasteiger partial charge in [-0.1, -0.05) is 11.6 Å². The predicted octanol–water partition coefficient (Wildman–Crippen LogP) is 3.10. The van der Waals surface area contributed by atoms with E-state index in [1.165, 1.54) is 28.0 Å². The van der Waals surface area contributed by atoms with Gasteiger partial charge in [0, 0.05) is 12.7 Å². The molecular formula is C15H22N2. The maximum Gasteiger partial charge on any atom is 0.0964 e. The molecule has 1 atom stereocenters. The van der Waals surface area contributed by atoms with Crippen LogP contribution in [0.25, 0.3) is 0 Å². The molecule has 0 saturated carbocycles. The summed E-state index contributed by atoms with van der Waals surface area (Å²) in [5.41, 5.74) is 12.9. The van der Waals surface area contributed by atoms with E-state index in [1.807, 2.05) is 0 Å². The summed E-state index contributed by atoms with van der Waals surface area (Å²) in [6.07, 6.45) is 8.94. The molecule has 17 heavy (non-hydrogen) atoms. The molecule has 92 valence electrons. The van der Waals surface area contributed by atoms with Gasteiger partial charge in [0.15, 0.2) is 0 Å². The first-order valence-corrected chi connectivity index (χ1v) is 6.26. The zero-order chi connectivity index (χ0) is 12.6. The first-order chi connectivity index (χ1) is 8.00. The monoisotopic (exact) mass is 230 g/mol. The Morgan fingerprint density at radius 1 is 1.29 bits per heavy atom.